The summed E-state index contributed by atoms with van der Waals surface area (Å²) < 4.78 is 12.9. The Kier molecular flexibility index (Phi) is 4.69. The van der Waals surface area contributed by atoms with E-state index in [9.17, 15) is 4.39 Å². The molecule has 0 aliphatic carbocycles. The summed E-state index contributed by atoms with van der Waals surface area (Å²) in [6.45, 7) is 2.14. The van der Waals surface area contributed by atoms with Crippen LogP contribution in [0.25, 0.3) is 0 Å². The molecule has 0 radical (unpaired) electrons. The van der Waals surface area contributed by atoms with Crippen molar-refractivity contribution in [2.75, 3.05) is 7.05 Å². The third-order valence-corrected chi connectivity index (χ3v) is 3.53. The fourth-order valence-electron chi connectivity index (χ4n) is 2.29. The molecule has 0 aliphatic heterocycles. The van der Waals surface area contributed by atoms with Crippen molar-refractivity contribution in [3.8, 4) is 0 Å². The maximum atomic E-state index is 12.9. The van der Waals surface area contributed by atoms with Crippen LogP contribution < -0.4 is 5.32 Å². The zero-order chi connectivity index (χ0) is 13.7. The highest BCUT2D eigenvalue weighted by Gasteiger charge is 2.09. The lowest BCUT2D eigenvalue weighted by atomic mass is 9.96. The van der Waals surface area contributed by atoms with Gasteiger partial charge in [-0.15, -0.1) is 0 Å². The molecule has 0 aromatic heterocycles. The first-order valence-corrected chi connectivity index (χ1v) is 6.65. The summed E-state index contributed by atoms with van der Waals surface area (Å²) in [6.07, 6.45) is 1.89. The minimum absolute atomic E-state index is 0.177. The van der Waals surface area contributed by atoms with E-state index in [1.807, 2.05) is 19.2 Å². The zero-order valence-corrected chi connectivity index (χ0v) is 11.5. The van der Waals surface area contributed by atoms with Crippen molar-refractivity contribution < 1.29 is 4.39 Å². The lowest BCUT2D eigenvalue weighted by Gasteiger charge is -2.17. The lowest BCUT2D eigenvalue weighted by molar-refractivity contribution is 0.554. The Morgan fingerprint density at radius 3 is 2.32 bits per heavy atom. The van der Waals surface area contributed by atoms with Crippen LogP contribution in [0.5, 0.6) is 0 Å². The van der Waals surface area contributed by atoms with Gasteiger partial charge in [0, 0.05) is 6.04 Å². The molecule has 0 bridgehead atoms. The Morgan fingerprint density at radius 2 is 1.68 bits per heavy atom. The minimum atomic E-state index is -0.177. The average molecular weight is 257 g/mol. The normalized spacial score (nSPS) is 12.4. The van der Waals surface area contributed by atoms with Gasteiger partial charge in [-0.2, -0.15) is 0 Å². The van der Waals surface area contributed by atoms with Crippen LogP contribution in [0.15, 0.2) is 48.5 Å². The van der Waals surface area contributed by atoms with E-state index in [4.69, 9.17) is 0 Å². The molecular formula is C17H20FN. The van der Waals surface area contributed by atoms with E-state index >= 15 is 0 Å². The van der Waals surface area contributed by atoms with E-state index in [0.29, 0.717) is 6.04 Å². The predicted molar refractivity (Wildman–Crippen MR) is 77.8 cm³/mol. The Bertz CT molecular complexity index is 519. The molecule has 1 unspecified atom stereocenters. The van der Waals surface area contributed by atoms with Crippen LogP contribution in [0, 0.1) is 12.7 Å². The molecule has 2 aromatic carbocycles. The number of benzene rings is 2. The van der Waals surface area contributed by atoms with Crippen LogP contribution in [0.2, 0.25) is 0 Å². The minimum Gasteiger partial charge on any atom is -0.316 e. The largest absolute Gasteiger partial charge is 0.316 e. The Morgan fingerprint density at radius 1 is 1.00 bits per heavy atom. The number of hydrogen-bond donors (Lipinski definition) is 1. The van der Waals surface area contributed by atoms with Crippen molar-refractivity contribution in [2.45, 2.75) is 25.8 Å². The van der Waals surface area contributed by atoms with E-state index in [1.165, 1.54) is 23.3 Å². The number of rotatable bonds is 5. The summed E-state index contributed by atoms with van der Waals surface area (Å²) in [5.74, 6) is -0.177. The van der Waals surface area contributed by atoms with Gasteiger partial charge in [0.15, 0.2) is 0 Å². The Balaban J connectivity index is 2.05. The topological polar surface area (TPSA) is 12.0 Å². The first-order valence-electron chi connectivity index (χ1n) is 6.65. The summed E-state index contributed by atoms with van der Waals surface area (Å²) in [6, 6.07) is 15.6. The highest BCUT2D eigenvalue weighted by Crippen LogP contribution is 2.13. The van der Waals surface area contributed by atoms with Crippen molar-refractivity contribution in [2.24, 2.45) is 0 Å². The van der Waals surface area contributed by atoms with Crippen LogP contribution in [0.4, 0.5) is 4.39 Å². The zero-order valence-electron chi connectivity index (χ0n) is 11.5. The maximum absolute atomic E-state index is 12.9. The predicted octanol–water partition coefficient (Wildman–Crippen LogP) is 3.51. The number of halogens is 1. The lowest BCUT2D eigenvalue weighted by Crippen LogP contribution is -2.30. The molecule has 100 valence electrons. The van der Waals surface area contributed by atoms with Crippen LogP contribution in [0.1, 0.15) is 16.7 Å². The molecule has 0 saturated carbocycles. The van der Waals surface area contributed by atoms with Crippen molar-refractivity contribution in [3.05, 3.63) is 71.0 Å². The fourth-order valence-corrected chi connectivity index (χ4v) is 2.29. The second kappa shape index (κ2) is 6.48. The van der Waals surface area contributed by atoms with Crippen LogP contribution >= 0.6 is 0 Å². The Hall–Kier alpha value is -1.67. The summed E-state index contributed by atoms with van der Waals surface area (Å²) >= 11 is 0. The summed E-state index contributed by atoms with van der Waals surface area (Å²) in [5.41, 5.74) is 3.85. The monoisotopic (exact) mass is 257 g/mol. The molecule has 0 aliphatic rings. The summed E-state index contributed by atoms with van der Waals surface area (Å²) in [4.78, 5) is 0. The summed E-state index contributed by atoms with van der Waals surface area (Å²) in [5, 5.41) is 3.35. The van der Waals surface area contributed by atoms with Crippen LogP contribution in [0.3, 0.4) is 0 Å². The quantitative estimate of drug-likeness (QED) is 0.864. The standard InChI is InChI=1S/C17H20FN/c1-13-5-3-4-6-15(13)12-17(19-2)11-14-7-9-16(18)10-8-14/h3-10,17,19H,11-12H2,1-2H3. The highest BCUT2D eigenvalue weighted by molar-refractivity contribution is 5.27. The van der Waals surface area contributed by atoms with E-state index in [2.05, 4.69) is 36.5 Å². The van der Waals surface area contributed by atoms with Gasteiger partial charge in [-0.3, -0.25) is 0 Å². The molecule has 1 atom stereocenters. The van der Waals surface area contributed by atoms with E-state index in [-0.39, 0.29) is 5.82 Å². The molecular weight excluding hydrogens is 237 g/mol. The smallest absolute Gasteiger partial charge is 0.123 e. The molecule has 0 heterocycles. The molecule has 0 spiro atoms. The van der Waals surface area contributed by atoms with Crippen LogP contribution in [-0.4, -0.2) is 13.1 Å². The number of likely N-dealkylation sites (N-methyl/N-ethyl adjacent to an activating group) is 1. The van der Waals surface area contributed by atoms with Crippen molar-refractivity contribution in [1.82, 2.24) is 5.32 Å². The third-order valence-electron chi connectivity index (χ3n) is 3.53. The Labute approximate surface area is 114 Å². The van der Waals surface area contributed by atoms with Gasteiger partial charge in [0.25, 0.3) is 0 Å². The van der Waals surface area contributed by atoms with E-state index in [1.54, 1.807) is 0 Å². The molecule has 19 heavy (non-hydrogen) atoms. The van der Waals surface area contributed by atoms with Gasteiger partial charge in [0.1, 0.15) is 5.82 Å². The maximum Gasteiger partial charge on any atom is 0.123 e. The molecule has 0 fully saturated rings. The van der Waals surface area contributed by atoms with Crippen molar-refractivity contribution in [1.29, 1.82) is 0 Å². The first-order chi connectivity index (χ1) is 9.19. The number of nitrogens with one attached hydrogen (secondary N) is 1. The van der Waals surface area contributed by atoms with Gasteiger partial charge in [0.2, 0.25) is 0 Å². The molecule has 0 saturated heterocycles. The number of aryl methyl sites for hydroxylation is 1. The molecule has 0 amide bonds. The van der Waals surface area contributed by atoms with Gasteiger partial charge < -0.3 is 5.32 Å². The highest BCUT2D eigenvalue weighted by atomic mass is 19.1. The molecule has 2 rings (SSSR count). The van der Waals surface area contributed by atoms with Gasteiger partial charge >= 0.3 is 0 Å². The van der Waals surface area contributed by atoms with E-state index < -0.39 is 0 Å². The fraction of sp³-hybridized carbons (Fsp3) is 0.294. The van der Waals surface area contributed by atoms with Gasteiger partial charge in [0.05, 0.1) is 0 Å². The van der Waals surface area contributed by atoms with Crippen LogP contribution in [-0.2, 0) is 12.8 Å². The second-order valence-electron chi connectivity index (χ2n) is 4.95. The number of hydrogen-bond acceptors (Lipinski definition) is 1. The van der Waals surface area contributed by atoms with Crippen molar-refractivity contribution in [3.63, 3.8) is 0 Å². The second-order valence-corrected chi connectivity index (χ2v) is 4.95. The molecule has 1 N–H and O–H groups in total. The van der Waals surface area contributed by atoms with Gasteiger partial charge in [-0.1, -0.05) is 36.4 Å². The van der Waals surface area contributed by atoms with Gasteiger partial charge in [-0.05, 0) is 55.6 Å². The molecule has 1 nitrogen and oxygen atoms in total. The van der Waals surface area contributed by atoms with Gasteiger partial charge in [-0.25, -0.2) is 4.39 Å². The first kappa shape index (κ1) is 13.8. The van der Waals surface area contributed by atoms with E-state index in [0.717, 1.165) is 18.4 Å². The molecule has 2 aromatic rings. The SMILES string of the molecule is CNC(Cc1ccc(F)cc1)Cc1ccccc1C. The van der Waals surface area contributed by atoms with Crippen molar-refractivity contribution >= 4 is 0 Å². The summed E-state index contributed by atoms with van der Waals surface area (Å²) in [7, 11) is 1.98. The molecule has 2 heteroatoms. The third kappa shape index (κ3) is 3.90. The average Bonchev–Trinajstić information content (AvgIpc) is 2.43.